The molecule has 0 bridgehead atoms. The molecule has 1 N–H and O–H groups in total. The van der Waals surface area contributed by atoms with E-state index in [-0.39, 0.29) is 35.9 Å². The summed E-state index contributed by atoms with van der Waals surface area (Å²) < 4.78 is 9.72. The second kappa shape index (κ2) is 6.58. The Labute approximate surface area is 117 Å². The summed E-state index contributed by atoms with van der Waals surface area (Å²) in [5.41, 5.74) is 0. The lowest BCUT2D eigenvalue weighted by molar-refractivity contribution is 0.0556. The van der Waals surface area contributed by atoms with Gasteiger partial charge in [0.15, 0.2) is 5.76 Å². The Balaban J connectivity index is 0.00000180. The van der Waals surface area contributed by atoms with Gasteiger partial charge >= 0.3 is 5.97 Å². The molecule has 1 aromatic heterocycles. The van der Waals surface area contributed by atoms with Crippen molar-refractivity contribution in [3.8, 4) is 0 Å². The second-order valence-electron chi connectivity index (χ2n) is 4.26. The first kappa shape index (κ1) is 15.5. The number of methoxy groups -OCH3 is 1. The Morgan fingerprint density at radius 1 is 1.42 bits per heavy atom. The van der Waals surface area contributed by atoms with Crippen molar-refractivity contribution in [1.82, 2.24) is 10.2 Å². The Morgan fingerprint density at radius 3 is 2.74 bits per heavy atom. The quantitative estimate of drug-likeness (QED) is 0.820. The van der Waals surface area contributed by atoms with Gasteiger partial charge < -0.3 is 19.4 Å². The van der Waals surface area contributed by atoms with E-state index >= 15 is 0 Å². The molecule has 7 heteroatoms. The number of furan rings is 1. The van der Waals surface area contributed by atoms with Gasteiger partial charge in [-0.2, -0.15) is 0 Å². The average Bonchev–Trinajstić information content (AvgIpc) is 2.86. The summed E-state index contributed by atoms with van der Waals surface area (Å²) in [6.45, 7) is 4.05. The summed E-state index contributed by atoms with van der Waals surface area (Å²) in [6, 6.07) is 3.21. The van der Waals surface area contributed by atoms with E-state index in [1.807, 2.05) is 6.92 Å². The number of amides is 1. The first-order valence-electron chi connectivity index (χ1n) is 5.82. The molecule has 1 aromatic rings. The van der Waals surface area contributed by atoms with Crippen LogP contribution >= 0.6 is 12.4 Å². The van der Waals surface area contributed by atoms with Crippen molar-refractivity contribution < 1.29 is 18.7 Å². The number of hydrogen-bond donors (Lipinski definition) is 1. The summed E-state index contributed by atoms with van der Waals surface area (Å²) in [6.07, 6.45) is 0. The molecule has 1 aliphatic rings. The summed E-state index contributed by atoms with van der Waals surface area (Å²) in [5.74, 6) is -0.560. The number of esters is 1. The molecule has 0 saturated carbocycles. The first-order chi connectivity index (χ1) is 8.61. The molecule has 2 rings (SSSR count). The van der Waals surface area contributed by atoms with Gasteiger partial charge in [0.2, 0.25) is 5.76 Å². The molecule has 1 amide bonds. The van der Waals surface area contributed by atoms with E-state index in [0.717, 1.165) is 6.54 Å². The van der Waals surface area contributed by atoms with Gasteiger partial charge in [0.1, 0.15) is 0 Å². The van der Waals surface area contributed by atoms with Crippen LogP contribution in [0.25, 0.3) is 0 Å². The Hall–Kier alpha value is -1.53. The highest BCUT2D eigenvalue weighted by Crippen LogP contribution is 2.13. The van der Waals surface area contributed by atoms with E-state index in [4.69, 9.17) is 4.42 Å². The highest BCUT2D eigenvalue weighted by atomic mass is 35.5. The smallest absolute Gasteiger partial charge is 0.373 e. The lowest BCUT2D eigenvalue weighted by atomic mass is 10.2. The molecule has 6 nitrogen and oxygen atoms in total. The number of halogens is 1. The molecule has 1 fully saturated rings. The number of carbonyl (C=O) groups is 2. The second-order valence-corrected chi connectivity index (χ2v) is 4.26. The number of rotatable bonds is 2. The van der Waals surface area contributed by atoms with Crippen molar-refractivity contribution in [3.63, 3.8) is 0 Å². The number of ether oxygens (including phenoxy) is 1. The van der Waals surface area contributed by atoms with Gasteiger partial charge in [-0.25, -0.2) is 4.79 Å². The third-order valence-corrected chi connectivity index (χ3v) is 2.86. The van der Waals surface area contributed by atoms with Crippen molar-refractivity contribution in [3.05, 3.63) is 23.7 Å². The van der Waals surface area contributed by atoms with E-state index in [1.54, 1.807) is 4.90 Å². The van der Waals surface area contributed by atoms with Gasteiger partial charge in [0.05, 0.1) is 7.11 Å². The third kappa shape index (κ3) is 3.48. The van der Waals surface area contributed by atoms with E-state index < -0.39 is 5.97 Å². The Kier molecular flexibility index (Phi) is 5.38. The fourth-order valence-corrected chi connectivity index (χ4v) is 1.94. The zero-order valence-corrected chi connectivity index (χ0v) is 11.7. The van der Waals surface area contributed by atoms with Crippen LogP contribution in [0.2, 0.25) is 0 Å². The Morgan fingerprint density at radius 2 is 2.11 bits per heavy atom. The predicted octanol–water partition coefficient (Wildman–Crippen LogP) is 0.922. The van der Waals surface area contributed by atoms with Gasteiger partial charge in [-0.1, -0.05) is 0 Å². The minimum atomic E-state index is -0.581. The number of piperazine rings is 1. The average molecular weight is 289 g/mol. The number of nitrogens with zero attached hydrogens (tertiary/aromatic N) is 1. The zero-order chi connectivity index (χ0) is 13.1. The molecule has 0 spiro atoms. The highest BCUT2D eigenvalue weighted by Gasteiger charge is 2.24. The van der Waals surface area contributed by atoms with Crippen LogP contribution in [0.3, 0.4) is 0 Å². The van der Waals surface area contributed by atoms with Crippen molar-refractivity contribution in [2.24, 2.45) is 0 Å². The summed E-state index contributed by atoms with van der Waals surface area (Å²) in [4.78, 5) is 25.1. The first-order valence-corrected chi connectivity index (χ1v) is 5.82. The molecular weight excluding hydrogens is 272 g/mol. The van der Waals surface area contributed by atoms with Crippen LogP contribution in [0.15, 0.2) is 16.5 Å². The van der Waals surface area contributed by atoms with Crippen molar-refractivity contribution in [1.29, 1.82) is 0 Å². The molecule has 106 valence electrons. The highest BCUT2D eigenvalue weighted by molar-refractivity contribution is 5.94. The van der Waals surface area contributed by atoms with E-state index in [0.29, 0.717) is 13.1 Å². The monoisotopic (exact) mass is 288 g/mol. The standard InChI is InChI=1S/C12H16N2O4.ClH/c1-8-7-14(6-5-13-8)11(15)9-3-4-10(18-9)12(16)17-2;/h3-4,8,13H,5-7H2,1-2H3;1H/t8-;/m1./s1. The summed E-state index contributed by atoms with van der Waals surface area (Å²) >= 11 is 0. The lowest BCUT2D eigenvalue weighted by Gasteiger charge is -2.31. The maximum absolute atomic E-state index is 12.1. The number of hydrogen-bond acceptors (Lipinski definition) is 5. The van der Waals surface area contributed by atoms with Crippen LogP contribution in [0.1, 0.15) is 28.0 Å². The van der Waals surface area contributed by atoms with Gasteiger partial charge in [0.25, 0.3) is 5.91 Å². The molecule has 19 heavy (non-hydrogen) atoms. The fraction of sp³-hybridized carbons (Fsp3) is 0.500. The van der Waals surface area contributed by atoms with Crippen molar-refractivity contribution >= 4 is 24.3 Å². The molecule has 0 radical (unpaired) electrons. The van der Waals surface area contributed by atoms with Gasteiger partial charge in [-0.3, -0.25) is 4.79 Å². The largest absolute Gasteiger partial charge is 0.463 e. The van der Waals surface area contributed by atoms with Gasteiger partial charge in [-0.15, -0.1) is 12.4 Å². The summed E-state index contributed by atoms with van der Waals surface area (Å²) in [5, 5.41) is 3.25. The normalized spacial score (nSPS) is 18.6. The third-order valence-electron chi connectivity index (χ3n) is 2.86. The minimum absolute atomic E-state index is 0. The molecule has 0 aliphatic carbocycles. The lowest BCUT2D eigenvalue weighted by Crippen LogP contribution is -2.51. The minimum Gasteiger partial charge on any atom is -0.463 e. The topological polar surface area (TPSA) is 71.8 Å². The van der Waals surface area contributed by atoms with E-state index in [1.165, 1.54) is 19.2 Å². The van der Waals surface area contributed by atoms with E-state index in [9.17, 15) is 9.59 Å². The van der Waals surface area contributed by atoms with Crippen LogP contribution in [-0.2, 0) is 4.74 Å². The van der Waals surface area contributed by atoms with Crippen LogP contribution in [0.4, 0.5) is 0 Å². The SMILES string of the molecule is COC(=O)c1ccc(C(=O)N2CCN[C@H](C)C2)o1.Cl. The van der Waals surface area contributed by atoms with Crippen molar-refractivity contribution in [2.45, 2.75) is 13.0 Å². The fourth-order valence-electron chi connectivity index (χ4n) is 1.94. The predicted molar refractivity (Wildman–Crippen MR) is 70.7 cm³/mol. The van der Waals surface area contributed by atoms with Gasteiger partial charge in [0, 0.05) is 25.7 Å². The maximum atomic E-state index is 12.1. The molecule has 0 aromatic carbocycles. The van der Waals surface area contributed by atoms with E-state index in [2.05, 4.69) is 10.1 Å². The summed E-state index contributed by atoms with van der Waals surface area (Å²) in [7, 11) is 1.27. The zero-order valence-electron chi connectivity index (χ0n) is 10.8. The molecule has 2 heterocycles. The molecule has 1 aliphatic heterocycles. The van der Waals surface area contributed by atoms with Crippen LogP contribution in [0.5, 0.6) is 0 Å². The number of nitrogens with one attached hydrogen (secondary N) is 1. The van der Waals surface area contributed by atoms with Gasteiger partial charge in [-0.05, 0) is 19.1 Å². The van der Waals surface area contributed by atoms with Crippen LogP contribution in [0, 0.1) is 0 Å². The molecular formula is C12H17ClN2O4. The molecule has 1 atom stereocenters. The van der Waals surface area contributed by atoms with Crippen molar-refractivity contribution in [2.75, 3.05) is 26.7 Å². The molecule has 1 saturated heterocycles. The maximum Gasteiger partial charge on any atom is 0.373 e. The van der Waals surface area contributed by atoms with Crippen LogP contribution in [-0.4, -0.2) is 49.6 Å². The molecule has 0 unspecified atom stereocenters. The number of carbonyl (C=O) groups excluding carboxylic acids is 2. The Bertz CT molecular complexity index is 460. The van der Waals surface area contributed by atoms with Crippen LogP contribution < -0.4 is 5.32 Å².